The SMILES string of the molecule is COC(=O)[C@@H]1C[C@]2(C)C(=O)[C@@H](C)[C@H]1C[C@H]2OC(C)=O. The van der Waals surface area contributed by atoms with Crippen molar-refractivity contribution < 1.29 is 23.9 Å². The zero-order valence-corrected chi connectivity index (χ0v) is 11.8. The summed E-state index contributed by atoms with van der Waals surface area (Å²) in [6, 6.07) is 0. The lowest BCUT2D eigenvalue weighted by Gasteiger charge is -2.53. The van der Waals surface area contributed by atoms with Gasteiger partial charge < -0.3 is 9.47 Å². The molecule has 0 spiro atoms. The first-order valence-corrected chi connectivity index (χ1v) is 6.60. The summed E-state index contributed by atoms with van der Waals surface area (Å²) in [7, 11) is 1.36. The van der Waals surface area contributed by atoms with Gasteiger partial charge in [0.05, 0.1) is 18.4 Å². The molecule has 0 amide bonds. The van der Waals surface area contributed by atoms with Crippen LogP contribution in [0.2, 0.25) is 0 Å². The number of Topliss-reactive ketones (excluding diaryl/α,β-unsaturated/α-hetero) is 1. The van der Waals surface area contributed by atoms with E-state index >= 15 is 0 Å². The van der Waals surface area contributed by atoms with E-state index in [1.54, 1.807) is 6.92 Å². The molecular weight excluding hydrogens is 248 g/mol. The van der Waals surface area contributed by atoms with Gasteiger partial charge in [-0.2, -0.15) is 0 Å². The van der Waals surface area contributed by atoms with Gasteiger partial charge in [0.1, 0.15) is 11.9 Å². The maximum Gasteiger partial charge on any atom is 0.308 e. The van der Waals surface area contributed by atoms with Gasteiger partial charge in [0, 0.05) is 12.8 Å². The number of fused-ring (bicyclic) bond motifs is 3. The summed E-state index contributed by atoms with van der Waals surface area (Å²) in [6.45, 7) is 4.99. The number of rotatable bonds is 2. The third-order valence-electron chi connectivity index (χ3n) is 4.79. The largest absolute Gasteiger partial charge is 0.469 e. The Kier molecular flexibility index (Phi) is 3.41. The van der Waals surface area contributed by atoms with Crippen molar-refractivity contribution in [2.75, 3.05) is 7.11 Å². The predicted octanol–water partition coefficient (Wildman–Crippen LogP) is 1.34. The minimum Gasteiger partial charge on any atom is -0.469 e. The molecule has 5 atom stereocenters. The van der Waals surface area contributed by atoms with E-state index in [9.17, 15) is 14.4 Å². The van der Waals surface area contributed by atoms with Crippen molar-refractivity contribution in [2.24, 2.45) is 23.2 Å². The van der Waals surface area contributed by atoms with E-state index in [1.165, 1.54) is 14.0 Å². The van der Waals surface area contributed by atoms with Gasteiger partial charge in [-0.05, 0) is 25.7 Å². The highest BCUT2D eigenvalue weighted by Crippen LogP contribution is 2.54. The van der Waals surface area contributed by atoms with Crippen molar-refractivity contribution in [1.82, 2.24) is 0 Å². The van der Waals surface area contributed by atoms with Crippen LogP contribution >= 0.6 is 0 Å². The highest BCUT2D eigenvalue weighted by Gasteiger charge is 2.61. The molecule has 3 saturated carbocycles. The van der Waals surface area contributed by atoms with Crippen LogP contribution in [0.25, 0.3) is 0 Å². The Hall–Kier alpha value is -1.39. The summed E-state index contributed by atoms with van der Waals surface area (Å²) in [4.78, 5) is 35.4. The lowest BCUT2D eigenvalue weighted by Crippen LogP contribution is -2.60. The topological polar surface area (TPSA) is 69.7 Å². The monoisotopic (exact) mass is 268 g/mol. The van der Waals surface area contributed by atoms with E-state index in [0.29, 0.717) is 12.8 Å². The molecule has 0 unspecified atom stereocenters. The molecule has 19 heavy (non-hydrogen) atoms. The van der Waals surface area contributed by atoms with Crippen LogP contribution in [0.4, 0.5) is 0 Å². The second-order valence-electron chi connectivity index (χ2n) is 5.90. The third-order valence-corrected chi connectivity index (χ3v) is 4.79. The molecular formula is C14H20O5. The minimum atomic E-state index is -0.765. The quantitative estimate of drug-likeness (QED) is 0.707. The molecule has 3 aliphatic carbocycles. The normalized spacial score (nSPS) is 40.9. The number of methoxy groups -OCH3 is 1. The van der Waals surface area contributed by atoms with E-state index in [4.69, 9.17) is 9.47 Å². The highest BCUT2D eigenvalue weighted by atomic mass is 16.5. The summed E-state index contributed by atoms with van der Waals surface area (Å²) in [5.74, 6) is -1.10. The van der Waals surface area contributed by atoms with E-state index in [-0.39, 0.29) is 35.5 Å². The van der Waals surface area contributed by atoms with E-state index < -0.39 is 11.5 Å². The van der Waals surface area contributed by atoms with Gasteiger partial charge in [-0.1, -0.05) is 6.92 Å². The molecule has 0 radical (unpaired) electrons. The summed E-state index contributed by atoms with van der Waals surface area (Å²) in [6.07, 6.45) is 0.549. The number of ketones is 1. The number of hydrogen-bond donors (Lipinski definition) is 0. The molecule has 0 aromatic carbocycles. The lowest BCUT2D eigenvalue weighted by atomic mass is 9.51. The second-order valence-corrected chi connectivity index (χ2v) is 5.90. The molecule has 0 saturated heterocycles. The molecule has 3 aliphatic rings. The fourth-order valence-electron chi connectivity index (χ4n) is 3.73. The number of esters is 2. The first kappa shape index (κ1) is 14.0. The Morgan fingerprint density at radius 3 is 2.53 bits per heavy atom. The minimum absolute atomic E-state index is 0.0916. The Morgan fingerprint density at radius 2 is 2.00 bits per heavy atom. The number of ether oxygens (including phenoxy) is 2. The van der Waals surface area contributed by atoms with Crippen molar-refractivity contribution in [3.05, 3.63) is 0 Å². The first-order valence-electron chi connectivity index (χ1n) is 6.60. The third kappa shape index (κ3) is 2.05. The van der Waals surface area contributed by atoms with E-state index in [2.05, 4.69) is 0 Å². The average molecular weight is 268 g/mol. The molecule has 5 heteroatoms. The maximum absolute atomic E-state index is 12.4. The fourth-order valence-corrected chi connectivity index (χ4v) is 3.73. The number of carbonyl (C=O) groups is 3. The van der Waals surface area contributed by atoms with E-state index in [1.807, 2.05) is 6.92 Å². The zero-order chi connectivity index (χ0) is 14.4. The standard InChI is InChI=1S/C14H20O5/c1-7-9-5-11(19-8(2)15)14(3,12(7)16)6-10(9)13(17)18-4/h7,9-11H,5-6H2,1-4H3/t7-,9+,10+,11+,14-/m0/s1. The van der Waals surface area contributed by atoms with Crippen molar-refractivity contribution in [3.8, 4) is 0 Å². The summed E-state index contributed by atoms with van der Waals surface area (Å²) in [5.41, 5.74) is -0.765. The molecule has 0 aromatic heterocycles. The van der Waals surface area contributed by atoms with Gasteiger partial charge in [-0.25, -0.2) is 0 Å². The molecule has 0 N–H and O–H groups in total. The molecule has 5 nitrogen and oxygen atoms in total. The van der Waals surface area contributed by atoms with Gasteiger partial charge in [0.2, 0.25) is 0 Å². The van der Waals surface area contributed by atoms with Gasteiger partial charge in [0.25, 0.3) is 0 Å². The van der Waals surface area contributed by atoms with Crippen LogP contribution in [0, 0.1) is 23.2 Å². The Labute approximate surface area is 112 Å². The maximum atomic E-state index is 12.4. The smallest absolute Gasteiger partial charge is 0.308 e. The van der Waals surface area contributed by atoms with Gasteiger partial charge >= 0.3 is 11.9 Å². The Balaban J connectivity index is 2.31. The van der Waals surface area contributed by atoms with Gasteiger partial charge in [-0.3, -0.25) is 14.4 Å². The van der Waals surface area contributed by atoms with Crippen LogP contribution in [-0.2, 0) is 23.9 Å². The molecule has 3 fully saturated rings. The van der Waals surface area contributed by atoms with Gasteiger partial charge in [-0.15, -0.1) is 0 Å². The van der Waals surface area contributed by atoms with Crippen LogP contribution in [0.15, 0.2) is 0 Å². The molecule has 0 aromatic rings. The Bertz CT molecular complexity index is 430. The van der Waals surface area contributed by atoms with Crippen LogP contribution in [-0.4, -0.2) is 30.9 Å². The predicted molar refractivity (Wildman–Crippen MR) is 66.1 cm³/mol. The van der Waals surface area contributed by atoms with Crippen LogP contribution < -0.4 is 0 Å². The fraction of sp³-hybridized carbons (Fsp3) is 0.786. The number of carbonyl (C=O) groups excluding carboxylic acids is 3. The summed E-state index contributed by atoms with van der Waals surface area (Å²) >= 11 is 0. The van der Waals surface area contributed by atoms with Crippen LogP contribution in [0.1, 0.15) is 33.6 Å². The molecule has 0 heterocycles. The van der Waals surface area contributed by atoms with Crippen molar-refractivity contribution in [3.63, 3.8) is 0 Å². The summed E-state index contributed by atoms with van der Waals surface area (Å²) < 4.78 is 10.1. The van der Waals surface area contributed by atoms with Crippen molar-refractivity contribution >= 4 is 17.7 Å². The molecule has 3 rings (SSSR count). The van der Waals surface area contributed by atoms with Crippen molar-refractivity contribution in [2.45, 2.75) is 39.7 Å². The number of hydrogen-bond acceptors (Lipinski definition) is 5. The zero-order valence-electron chi connectivity index (χ0n) is 11.8. The highest BCUT2D eigenvalue weighted by molar-refractivity contribution is 5.91. The van der Waals surface area contributed by atoms with Crippen LogP contribution in [0.5, 0.6) is 0 Å². The molecule has 106 valence electrons. The molecule has 2 bridgehead atoms. The van der Waals surface area contributed by atoms with Gasteiger partial charge in [0.15, 0.2) is 0 Å². The summed E-state index contributed by atoms with van der Waals surface area (Å²) in [5, 5.41) is 0. The second kappa shape index (κ2) is 4.62. The first-order chi connectivity index (χ1) is 8.81. The average Bonchev–Trinajstić information content (AvgIpc) is 2.35. The Morgan fingerprint density at radius 1 is 1.37 bits per heavy atom. The van der Waals surface area contributed by atoms with E-state index in [0.717, 1.165) is 0 Å². The lowest BCUT2D eigenvalue weighted by molar-refractivity contribution is -0.186. The van der Waals surface area contributed by atoms with Crippen molar-refractivity contribution in [1.29, 1.82) is 0 Å². The van der Waals surface area contributed by atoms with Crippen LogP contribution in [0.3, 0.4) is 0 Å². The molecule has 0 aliphatic heterocycles.